The average molecular weight is 245 g/mol. The van der Waals surface area contributed by atoms with E-state index in [-0.39, 0.29) is 0 Å². The smallest absolute Gasteiger partial charge is 0.0134 e. The summed E-state index contributed by atoms with van der Waals surface area (Å²) < 4.78 is 0. The first-order valence-electron chi connectivity index (χ1n) is 7.53. The van der Waals surface area contributed by atoms with Crippen LogP contribution < -0.4 is 5.73 Å². The molecule has 0 aromatic heterocycles. The zero-order chi connectivity index (χ0) is 13.0. The van der Waals surface area contributed by atoms with Gasteiger partial charge in [0.2, 0.25) is 0 Å². The first-order valence-corrected chi connectivity index (χ1v) is 7.53. The Kier molecular flexibility index (Phi) is 4.82. The maximum absolute atomic E-state index is 6.54. The fourth-order valence-electron chi connectivity index (χ4n) is 3.44. The molecule has 0 saturated heterocycles. The fraction of sp³-hybridized carbons (Fsp3) is 0.647. The van der Waals surface area contributed by atoms with E-state index in [0.717, 1.165) is 11.8 Å². The van der Waals surface area contributed by atoms with Gasteiger partial charge in [0.1, 0.15) is 0 Å². The molecule has 1 nitrogen and oxygen atoms in total. The second kappa shape index (κ2) is 6.38. The standard InChI is InChI=1S/C17H27N/c1-3-14-8-7-11-16(12-14)17(18)13(2)15-9-5-4-6-10-15/h4-6,9-10,13-14,16-17H,3,7-8,11-12,18H2,1-2H3. The van der Waals surface area contributed by atoms with Gasteiger partial charge < -0.3 is 5.73 Å². The summed E-state index contributed by atoms with van der Waals surface area (Å²) in [5.41, 5.74) is 7.93. The van der Waals surface area contributed by atoms with Gasteiger partial charge in [-0.15, -0.1) is 0 Å². The first kappa shape index (κ1) is 13.6. The molecule has 18 heavy (non-hydrogen) atoms. The lowest BCUT2D eigenvalue weighted by Crippen LogP contribution is -2.37. The summed E-state index contributed by atoms with van der Waals surface area (Å²) in [5, 5.41) is 0. The normalized spacial score (nSPS) is 27.7. The van der Waals surface area contributed by atoms with Gasteiger partial charge in [0.05, 0.1) is 0 Å². The second-order valence-corrected chi connectivity index (χ2v) is 5.98. The molecule has 1 aliphatic carbocycles. The third-order valence-corrected chi connectivity index (χ3v) is 4.85. The monoisotopic (exact) mass is 245 g/mol. The summed E-state index contributed by atoms with van der Waals surface area (Å²) in [5.74, 6) is 2.11. The van der Waals surface area contributed by atoms with Crippen molar-refractivity contribution in [3.05, 3.63) is 35.9 Å². The van der Waals surface area contributed by atoms with Crippen molar-refractivity contribution in [1.82, 2.24) is 0 Å². The Hall–Kier alpha value is -0.820. The van der Waals surface area contributed by atoms with E-state index in [9.17, 15) is 0 Å². The van der Waals surface area contributed by atoms with Gasteiger partial charge in [-0.1, -0.05) is 63.4 Å². The van der Waals surface area contributed by atoms with Gasteiger partial charge in [-0.25, -0.2) is 0 Å². The van der Waals surface area contributed by atoms with Crippen LogP contribution in [0.4, 0.5) is 0 Å². The van der Waals surface area contributed by atoms with Gasteiger partial charge in [0.25, 0.3) is 0 Å². The molecule has 0 amide bonds. The van der Waals surface area contributed by atoms with E-state index in [0.29, 0.717) is 12.0 Å². The van der Waals surface area contributed by atoms with Gasteiger partial charge in [-0.2, -0.15) is 0 Å². The summed E-state index contributed by atoms with van der Waals surface area (Å²) in [4.78, 5) is 0. The minimum Gasteiger partial charge on any atom is -0.327 e. The highest BCUT2D eigenvalue weighted by Gasteiger charge is 2.29. The third-order valence-electron chi connectivity index (χ3n) is 4.85. The van der Waals surface area contributed by atoms with E-state index in [2.05, 4.69) is 44.2 Å². The minimum atomic E-state index is 0.321. The SMILES string of the molecule is CCC1CCCC(C(N)C(C)c2ccccc2)C1. The topological polar surface area (TPSA) is 26.0 Å². The molecule has 1 saturated carbocycles. The lowest BCUT2D eigenvalue weighted by Gasteiger charge is -2.35. The van der Waals surface area contributed by atoms with Crippen LogP contribution in [0.15, 0.2) is 30.3 Å². The highest BCUT2D eigenvalue weighted by molar-refractivity contribution is 5.20. The predicted octanol–water partition coefficient (Wildman–Crippen LogP) is 4.33. The number of rotatable bonds is 4. The molecular weight excluding hydrogens is 218 g/mol. The van der Waals surface area contributed by atoms with E-state index < -0.39 is 0 Å². The zero-order valence-electron chi connectivity index (χ0n) is 11.8. The number of hydrogen-bond donors (Lipinski definition) is 1. The summed E-state index contributed by atoms with van der Waals surface area (Å²) >= 11 is 0. The minimum absolute atomic E-state index is 0.321. The average Bonchev–Trinajstić information content (AvgIpc) is 2.46. The van der Waals surface area contributed by atoms with Crippen molar-refractivity contribution in [2.45, 2.75) is 57.9 Å². The van der Waals surface area contributed by atoms with Crippen LogP contribution in [0.2, 0.25) is 0 Å². The van der Waals surface area contributed by atoms with E-state index in [4.69, 9.17) is 5.73 Å². The molecule has 100 valence electrons. The molecule has 1 heteroatoms. The zero-order valence-corrected chi connectivity index (χ0v) is 11.8. The molecule has 1 aliphatic rings. The van der Waals surface area contributed by atoms with Crippen molar-refractivity contribution < 1.29 is 0 Å². The van der Waals surface area contributed by atoms with Crippen LogP contribution in [0.3, 0.4) is 0 Å². The fourth-order valence-corrected chi connectivity index (χ4v) is 3.44. The van der Waals surface area contributed by atoms with Gasteiger partial charge in [0, 0.05) is 6.04 Å². The molecule has 0 aliphatic heterocycles. The van der Waals surface area contributed by atoms with Crippen molar-refractivity contribution >= 4 is 0 Å². The number of hydrogen-bond acceptors (Lipinski definition) is 1. The van der Waals surface area contributed by atoms with Crippen LogP contribution in [0.5, 0.6) is 0 Å². The van der Waals surface area contributed by atoms with Crippen LogP contribution in [-0.2, 0) is 0 Å². The van der Waals surface area contributed by atoms with Gasteiger partial charge >= 0.3 is 0 Å². The van der Waals surface area contributed by atoms with Crippen molar-refractivity contribution in [2.24, 2.45) is 17.6 Å². The number of nitrogens with two attached hydrogens (primary N) is 1. The Morgan fingerprint density at radius 2 is 1.94 bits per heavy atom. The molecule has 1 aromatic rings. The van der Waals surface area contributed by atoms with Crippen molar-refractivity contribution in [3.63, 3.8) is 0 Å². The molecule has 4 atom stereocenters. The largest absolute Gasteiger partial charge is 0.327 e. The Bertz CT molecular complexity index is 346. The van der Waals surface area contributed by atoms with E-state index in [1.807, 2.05) is 0 Å². The van der Waals surface area contributed by atoms with E-state index >= 15 is 0 Å². The van der Waals surface area contributed by atoms with Crippen LogP contribution in [-0.4, -0.2) is 6.04 Å². The highest BCUT2D eigenvalue weighted by atomic mass is 14.7. The van der Waals surface area contributed by atoms with Gasteiger partial charge in [0.15, 0.2) is 0 Å². The Morgan fingerprint density at radius 3 is 2.61 bits per heavy atom. The molecular formula is C17H27N. The first-order chi connectivity index (χ1) is 8.72. The predicted molar refractivity (Wildman–Crippen MR) is 78.6 cm³/mol. The third kappa shape index (κ3) is 3.14. The molecule has 4 unspecified atom stereocenters. The summed E-state index contributed by atoms with van der Waals surface area (Å²) in [6.07, 6.45) is 6.78. The molecule has 1 fully saturated rings. The highest BCUT2D eigenvalue weighted by Crippen LogP contribution is 2.36. The summed E-state index contributed by atoms with van der Waals surface area (Å²) in [6, 6.07) is 11.1. The molecule has 0 radical (unpaired) electrons. The Morgan fingerprint density at radius 1 is 1.22 bits per heavy atom. The van der Waals surface area contributed by atoms with E-state index in [1.54, 1.807) is 0 Å². The molecule has 2 N–H and O–H groups in total. The molecule has 0 spiro atoms. The number of benzene rings is 1. The van der Waals surface area contributed by atoms with Crippen LogP contribution in [0.25, 0.3) is 0 Å². The van der Waals surface area contributed by atoms with Gasteiger partial charge in [-0.05, 0) is 36.2 Å². The van der Waals surface area contributed by atoms with Crippen molar-refractivity contribution in [1.29, 1.82) is 0 Å². The molecule has 0 heterocycles. The Labute approximate surface area is 112 Å². The maximum atomic E-state index is 6.54. The van der Waals surface area contributed by atoms with E-state index in [1.165, 1.54) is 37.7 Å². The molecule has 2 rings (SSSR count). The van der Waals surface area contributed by atoms with Crippen LogP contribution in [0, 0.1) is 11.8 Å². The maximum Gasteiger partial charge on any atom is 0.0134 e. The van der Waals surface area contributed by atoms with Crippen molar-refractivity contribution in [3.8, 4) is 0 Å². The summed E-state index contributed by atoms with van der Waals surface area (Å²) in [7, 11) is 0. The molecule has 0 bridgehead atoms. The van der Waals surface area contributed by atoms with Crippen LogP contribution in [0.1, 0.15) is 57.4 Å². The lowest BCUT2D eigenvalue weighted by atomic mass is 9.73. The lowest BCUT2D eigenvalue weighted by molar-refractivity contribution is 0.217. The summed E-state index contributed by atoms with van der Waals surface area (Å²) in [6.45, 7) is 4.61. The second-order valence-electron chi connectivity index (χ2n) is 5.98. The van der Waals surface area contributed by atoms with Gasteiger partial charge in [-0.3, -0.25) is 0 Å². The molecule has 1 aromatic carbocycles. The Balaban J connectivity index is 2.00. The van der Waals surface area contributed by atoms with Crippen LogP contribution >= 0.6 is 0 Å². The quantitative estimate of drug-likeness (QED) is 0.839. The van der Waals surface area contributed by atoms with Crippen molar-refractivity contribution in [2.75, 3.05) is 0 Å².